The first-order valence-corrected chi connectivity index (χ1v) is 6.97. The van der Waals surface area contributed by atoms with Crippen LogP contribution in [-0.2, 0) is 9.53 Å². The molecule has 0 atom stereocenters. The van der Waals surface area contributed by atoms with Gasteiger partial charge in [-0.15, -0.1) is 0 Å². The van der Waals surface area contributed by atoms with Gasteiger partial charge in [-0.25, -0.2) is 0 Å². The van der Waals surface area contributed by atoms with Crippen LogP contribution in [0.2, 0.25) is 0 Å². The molecule has 0 heterocycles. The van der Waals surface area contributed by atoms with Crippen molar-refractivity contribution in [3.8, 4) is 0 Å². The number of ether oxygens (including phenoxy) is 1. The molecule has 20 heavy (non-hydrogen) atoms. The highest BCUT2D eigenvalue weighted by molar-refractivity contribution is 5.95. The zero-order chi connectivity index (χ0) is 15.0. The van der Waals surface area contributed by atoms with Crippen LogP contribution in [0.1, 0.15) is 47.2 Å². The average molecular weight is 277 g/mol. The second kappa shape index (κ2) is 8.35. The molecule has 1 N–H and O–H groups in total. The highest BCUT2D eigenvalue weighted by Crippen LogP contribution is 2.12. The number of benzene rings is 1. The fraction of sp³-hybridized carbons (Fsp3) is 0.500. The molecular formula is C16H23NO3. The fourth-order valence-corrected chi connectivity index (χ4v) is 1.97. The number of hydrogen-bond acceptors (Lipinski definition) is 3. The minimum Gasteiger partial charge on any atom is -0.469 e. The van der Waals surface area contributed by atoms with Gasteiger partial charge in [0.25, 0.3) is 5.91 Å². The topological polar surface area (TPSA) is 55.4 Å². The number of rotatable bonds is 7. The van der Waals surface area contributed by atoms with E-state index in [-0.39, 0.29) is 11.9 Å². The van der Waals surface area contributed by atoms with Gasteiger partial charge in [0.1, 0.15) is 0 Å². The first kappa shape index (κ1) is 16.2. The van der Waals surface area contributed by atoms with Crippen LogP contribution in [0.3, 0.4) is 0 Å². The first-order valence-electron chi connectivity index (χ1n) is 6.97. The van der Waals surface area contributed by atoms with Gasteiger partial charge >= 0.3 is 5.97 Å². The van der Waals surface area contributed by atoms with Crippen molar-refractivity contribution in [1.29, 1.82) is 0 Å². The largest absolute Gasteiger partial charge is 0.469 e. The van der Waals surface area contributed by atoms with Crippen molar-refractivity contribution in [1.82, 2.24) is 5.32 Å². The van der Waals surface area contributed by atoms with Gasteiger partial charge < -0.3 is 10.1 Å². The third-order valence-electron chi connectivity index (χ3n) is 3.42. The van der Waals surface area contributed by atoms with Crippen LogP contribution in [0.25, 0.3) is 0 Å². The van der Waals surface area contributed by atoms with Gasteiger partial charge in [0, 0.05) is 18.5 Å². The van der Waals surface area contributed by atoms with Crippen molar-refractivity contribution in [2.24, 2.45) is 0 Å². The molecule has 1 amide bonds. The number of amides is 1. The summed E-state index contributed by atoms with van der Waals surface area (Å²) in [7, 11) is 1.40. The monoisotopic (exact) mass is 277 g/mol. The molecule has 4 nitrogen and oxygen atoms in total. The van der Waals surface area contributed by atoms with Crippen molar-refractivity contribution in [2.75, 3.05) is 13.7 Å². The molecule has 4 heteroatoms. The van der Waals surface area contributed by atoms with E-state index in [0.717, 1.165) is 36.0 Å². The van der Waals surface area contributed by atoms with Crippen LogP contribution in [0.15, 0.2) is 18.2 Å². The van der Waals surface area contributed by atoms with E-state index in [1.807, 2.05) is 32.0 Å². The van der Waals surface area contributed by atoms with Gasteiger partial charge in [-0.1, -0.05) is 18.6 Å². The number of aryl methyl sites for hydroxylation is 1. The Morgan fingerprint density at radius 3 is 2.60 bits per heavy atom. The Morgan fingerprint density at radius 1 is 1.15 bits per heavy atom. The van der Waals surface area contributed by atoms with Crippen molar-refractivity contribution < 1.29 is 14.3 Å². The molecule has 0 fully saturated rings. The summed E-state index contributed by atoms with van der Waals surface area (Å²) in [4.78, 5) is 22.9. The molecule has 0 aliphatic rings. The summed E-state index contributed by atoms with van der Waals surface area (Å²) in [5, 5.41) is 2.91. The number of unbranched alkanes of at least 4 members (excludes halogenated alkanes) is 2. The van der Waals surface area contributed by atoms with Crippen LogP contribution in [0.5, 0.6) is 0 Å². The molecule has 0 saturated carbocycles. The van der Waals surface area contributed by atoms with E-state index in [2.05, 4.69) is 10.1 Å². The Balaban J connectivity index is 2.27. The van der Waals surface area contributed by atoms with Gasteiger partial charge in [0.15, 0.2) is 0 Å². The lowest BCUT2D eigenvalue weighted by Crippen LogP contribution is -2.25. The summed E-state index contributed by atoms with van der Waals surface area (Å²) in [5.41, 5.74) is 2.88. The molecule has 0 saturated heterocycles. The van der Waals surface area contributed by atoms with E-state index in [9.17, 15) is 9.59 Å². The minimum absolute atomic E-state index is 0.0285. The highest BCUT2D eigenvalue weighted by Gasteiger charge is 2.09. The average Bonchev–Trinajstić information content (AvgIpc) is 2.44. The number of carbonyl (C=O) groups excluding carboxylic acids is 2. The summed E-state index contributed by atoms with van der Waals surface area (Å²) >= 11 is 0. The summed E-state index contributed by atoms with van der Waals surface area (Å²) in [6, 6.07) is 5.74. The normalized spacial score (nSPS) is 10.2. The number of hydrogen-bond donors (Lipinski definition) is 1. The van der Waals surface area contributed by atoms with Crippen molar-refractivity contribution in [2.45, 2.75) is 39.5 Å². The van der Waals surface area contributed by atoms with Crippen LogP contribution in [0.4, 0.5) is 0 Å². The highest BCUT2D eigenvalue weighted by atomic mass is 16.5. The molecule has 0 aliphatic carbocycles. The SMILES string of the molecule is COC(=O)CCCCCNC(=O)c1cccc(C)c1C. The molecule has 0 bridgehead atoms. The van der Waals surface area contributed by atoms with Crippen LogP contribution >= 0.6 is 0 Å². The number of nitrogens with one attached hydrogen (secondary N) is 1. The van der Waals surface area contributed by atoms with Crippen LogP contribution in [0, 0.1) is 13.8 Å². The second-order valence-corrected chi connectivity index (χ2v) is 4.89. The Hall–Kier alpha value is -1.84. The van der Waals surface area contributed by atoms with E-state index in [1.165, 1.54) is 7.11 Å². The first-order chi connectivity index (χ1) is 9.56. The quantitative estimate of drug-likeness (QED) is 0.616. The molecule has 0 aliphatic heterocycles. The maximum atomic E-state index is 12.0. The summed E-state index contributed by atoms with van der Waals surface area (Å²) in [6.45, 7) is 4.59. The third-order valence-corrected chi connectivity index (χ3v) is 3.42. The van der Waals surface area contributed by atoms with Gasteiger partial charge in [-0.2, -0.15) is 0 Å². The molecule has 110 valence electrons. The molecule has 0 spiro atoms. The molecule has 0 radical (unpaired) electrons. The maximum absolute atomic E-state index is 12.0. The predicted octanol–water partition coefficient (Wildman–Crippen LogP) is 2.77. The Labute approximate surface area is 120 Å². The van der Waals surface area contributed by atoms with Crippen molar-refractivity contribution in [3.63, 3.8) is 0 Å². The molecule has 1 rings (SSSR count). The molecule has 0 aromatic heterocycles. The van der Waals surface area contributed by atoms with Crippen molar-refractivity contribution in [3.05, 3.63) is 34.9 Å². The Kier molecular flexibility index (Phi) is 6.77. The third kappa shape index (κ3) is 5.03. The lowest BCUT2D eigenvalue weighted by atomic mass is 10.0. The molecule has 1 aromatic rings. The predicted molar refractivity (Wildman–Crippen MR) is 78.7 cm³/mol. The number of carbonyl (C=O) groups is 2. The zero-order valence-electron chi connectivity index (χ0n) is 12.5. The van der Waals surface area contributed by atoms with Crippen molar-refractivity contribution >= 4 is 11.9 Å². The molecule has 0 unspecified atom stereocenters. The van der Waals surface area contributed by atoms with E-state index >= 15 is 0 Å². The summed E-state index contributed by atoms with van der Waals surface area (Å²) < 4.78 is 4.57. The Morgan fingerprint density at radius 2 is 1.90 bits per heavy atom. The standard InChI is InChI=1S/C16H23NO3/c1-12-8-7-9-14(13(12)2)16(19)17-11-6-4-5-10-15(18)20-3/h7-9H,4-6,10-11H2,1-3H3,(H,17,19). The van der Waals surface area contributed by atoms with E-state index in [4.69, 9.17) is 0 Å². The van der Waals surface area contributed by atoms with Crippen LogP contribution in [-0.4, -0.2) is 25.5 Å². The second-order valence-electron chi connectivity index (χ2n) is 4.89. The zero-order valence-corrected chi connectivity index (χ0v) is 12.5. The van der Waals surface area contributed by atoms with E-state index in [0.29, 0.717) is 13.0 Å². The van der Waals surface area contributed by atoms with Gasteiger partial charge in [-0.3, -0.25) is 9.59 Å². The van der Waals surface area contributed by atoms with Gasteiger partial charge in [0.05, 0.1) is 7.11 Å². The van der Waals surface area contributed by atoms with E-state index < -0.39 is 0 Å². The molecular weight excluding hydrogens is 254 g/mol. The maximum Gasteiger partial charge on any atom is 0.305 e. The summed E-state index contributed by atoms with van der Waals surface area (Å²) in [5.74, 6) is -0.205. The Bertz CT molecular complexity index is 469. The van der Waals surface area contributed by atoms with Gasteiger partial charge in [0.2, 0.25) is 0 Å². The lowest BCUT2D eigenvalue weighted by Gasteiger charge is -2.09. The summed E-state index contributed by atoms with van der Waals surface area (Å²) in [6.07, 6.45) is 3.02. The fourth-order valence-electron chi connectivity index (χ4n) is 1.97. The van der Waals surface area contributed by atoms with Gasteiger partial charge in [-0.05, 0) is 43.9 Å². The minimum atomic E-state index is -0.176. The van der Waals surface area contributed by atoms with E-state index in [1.54, 1.807) is 0 Å². The number of methoxy groups -OCH3 is 1. The number of esters is 1. The molecule has 1 aromatic carbocycles. The van der Waals surface area contributed by atoms with Crippen LogP contribution < -0.4 is 5.32 Å². The lowest BCUT2D eigenvalue weighted by molar-refractivity contribution is -0.140. The smallest absolute Gasteiger partial charge is 0.305 e.